The molecule has 38 heavy (non-hydrogen) atoms. The fourth-order valence-corrected chi connectivity index (χ4v) is 5.77. The van der Waals surface area contributed by atoms with Gasteiger partial charge in [-0.3, -0.25) is 14.6 Å². The third kappa shape index (κ3) is 4.59. The van der Waals surface area contributed by atoms with E-state index in [0.29, 0.717) is 37.2 Å². The van der Waals surface area contributed by atoms with Gasteiger partial charge in [0, 0.05) is 58.7 Å². The van der Waals surface area contributed by atoms with Gasteiger partial charge in [0.15, 0.2) is 0 Å². The van der Waals surface area contributed by atoms with Gasteiger partial charge in [-0.15, -0.1) is 12.4 Å². The van der Waals surface area contributed by atoms with Crippen LogP contribution in [0.2, 0.25) is 0 Å². The lowest BCUT2D eigenvalue weighted by Crippen LogP contribution is -2.50. The van der Waals surface area contributed by atoms with Crippen LogP contribution in [0.3, 0.4) is 0 Å². The van der Waals surface area contributed by atoms with Crippen molar-refractivity contribution in [1.29, 1.82) is 0 Å². The number of anilines is 2. The predicted molar refractivity (Wildman–Crippen MR) is 150 cm³/mol. The maximum atomic E-state index is 14.2. The largest absolute Gasteiger partial charge is 0.444 e. The van der Waals surface area contributed by atoms with Crippen LogP contribution >= 0.6 is 12.4 Å². The highest BCUT2D eigenvalue weighted by molar-refractivity contribution is 6.09. The van der Waals surface area contributed by atoms with Gasteiger partial charge in [0.25, 0.3) is 0 Å². The zero-order valence-electron chi connectivity index (χ0n) is 21.2. The van der Waals surface area contributed by atoms with Gasteiger partial charge in [-0.1, -0.05) is 24.3 Å². The van der Waals surface area contributed by atoms with Gasteiger partial charge in [0.05, 0.1) is 12.2 Å². The normalized spacial score (nSPS) is 16.3. The highest BCUT2D eigenvalue weighted by Gasteiger charge is 2.35. The van der Waals surface area contributed by atoms with E-state index in [0.717, 1.165) is 23.1 Å². The summed E-state index contributed by atoms with van der Waals surface area (Å²) < 4.78 is 21.8. The Hall–Kier alpha value is -3.62. The number of ether oxygens (including phenoxy) is 1. The Morgan fingerprint density at radius 2 is 1.79 bits per heavy atom. The number of benzene rings is 3. The van der Waals surface area contributed by atoms with Crippen LogP contribution in [0, 0.1) is 5.82 Å². The van der Waals surface area contributed by atoms with Crippen LogP contribution < -0.4 is 10.2 Å². The van der Waals surface area contributed by atoms with Crippen molar-refractivity contribution in [3.8, 4) is 0 Å². The van der Waals surface area contributed by atoms with E-state index in [9.17, 15) is 14.0 Å². The SMILES string of the molecule is CCn1c2ccccc2c2cc(NC(=O)CN3CCC(N4C(=O)OCc5c(F)cccc54)CC3)ccc21.Cl. The fourth-order valence-electron chi connectivity index (χ4n) is 5.77. The second kappa shape index (κ2) is 10.6. The summed E-state index contributed by atoms with van der Waals surface area (Å²) in [5, 5.41) is 5.36. The Morgan fingerprint density at radius 1 is 1.03 bits per heavy atom. The molecule has 0 aliphatic carbocycles. The van der Waals surface area contributed by atoms with Gasteiger partial charge in [-0.25, -0.2) is 9.18 Å². The number of halogens is 2. The van der Waals surface area contributed by atoms with Crippen LogP contribution in [0.1, 0.15) is 25.3 Å². The molecule has 1 saturated heterocycles. The first kappa shape index (κ1) is 26.0. The van der Waals surface area contributed by atoms with Crippen molar-refractivity contribution < 1.29 is 18.7 Å². The van der Waals surface area contributed by atoms with Gasteiger partial charge in [0.1, 0.15) is 12.4 Å². The average Bonchev–Trinajstić information content (AvgIpc) is 3.22. The number of para-hydroxylation sites is 1. The first-order chi connectivity index (χ1) is 18.0. The summed E-state index contributed by atoms with van der Waals surface area (Å²) in [7, 11) is 0. The zero-order chi connectivity index (χ0) is 25.5. The molecule has 2 aliphatic rings. The summed E-state index contributed by atoms with van der Waals surface area (Å²) in [6.07, 6.45) is 0.927. The van der Waals surface area contributed by atoms with Gasteiger partial charge >= 0.3 is 6.09 Å². The summed E-state index contributed by atoms with van der Waals surface area (Å²) in [4.78, 5) is 29.1. The Morgan fingerprint density at radius 3 is 2.58 bits per heavy atom. The molecule has 2 amide bonds. The number of aryl methyl sites for hydroxylation is 1. The highest BCUT2D eigenvalue weighted by Crippen LogP contribution is 2.34. The molecule has 0 bridgehead atoms. The Balaban J connectivity index is 0.00000294. The predicted octanol–water partition coefficient (Wildman–Crippen LogP) is 5.94. The topological polar surface area (TPSA) is 66.8 Å². The monoisotopic (exact) mass is 536 g/mol. The first-order valence-corrected chi connectivity index (χ1v) is 12.8. The number of amides is 2. The maximum absolute atomic E-state index is 14.2. The van der Waals surface area contributed by atoms with Gasteiger partial charge in [-0.05, 0) is 56.2 Å². The summed E-state index contributed by atoms with van der Waals surface area (Å²) in [5.74, 6) is -0.427. The minimum atomic E-state index is -0.436. The van der Waals surface area contributed by atoms with E-state index in [1.165, 1.54) is 17.0 Å². The molecule has 4 aromatic rings. The maximum Gasteiger partial charge on any atom is 0.414 e. The standard InChI is InChI=1S/C29H29FN4O3.ClH/c1-2-33-25-8-4-3-6-21(25)22-16-19(10-11-26(22)33)31-28(35)17-32-14-12-20(13-15-32)34-27-9-5-7-24(30)23(27)18-37-29(34)36;/h3-11,16,20H,2,12-15,17-18H2,1H3,(H,31,35);1H. The molecule has 3 aromatic carbocycles. The summed E-state index contributed by atoms with van der Waals surface area (Å²) in [5.41, 5.74) is 4.13. The molecule has 0 radical (unpaired) electrons. The molecular weight excluding hydrogens is 507 g/mol. The number of cyclic esters (lactones) is 1. The molecule has 1 N–H and O–H groups in total. The molecule has 0 unspecified atom stereocenters. The van der Waals surface area contributed by atoms with Crippen molar-refractivity contribution in [1.82, 2.24) is 9.47 Å². The molecule has 0 atom stereocenters. The van der Waals surface area contributed by atoms with E-state index in [2.05, 4.69) is 39.9 Å². The molecule has 1 aromatic heterocycles. The van der Waals surface area contributed by atoms with Gasteiger partial charge < -0.3 is 14.6 Å². The number of nitrogens with zero attached hydrogens (tertiary/aromatic N) is 3. The Bertz CT molecular complexity index is 1510. The third-order valence-electron chi connectivity index (χ3n) is 7.55. The molecule has 0 saturated carbocycles. The lowest BCUT2D eigenvalue weighted by atomic mass is 10.0. The number of likely N-dealkylation sites (tertiary alicyclic amines) is 1. The van der Waals surface area contributed by atoms with E-state index < -0.39 is 6.09 Å². The van der Waals surface area contributed by atoms with Crippen LogP contribution in [-0.2, 0) is 22.7 Å². The Kier molecular flexibility index (Phi) is 7.27. The van der Waals surface area contributed by atoms with E-state index in [-0.39, 0.29) is 43.3 Å². The molecule has 2 aliphatic heterocycles. The van der Waals surface area contributed by atoms with E-state index in [4.69, 9.17) is 4.74 Å². The Labute approximate surface area is 226 Å². The van der Waals surface area contributed by atoms with Crippen molar-refractivity contribution in [3.63, 3.8) is 0 Å². The van der Waals surface area contributed by atoms with Gasteiger partial charge in [0.2, 0.25) is 5.91 Å². The lowest BCUT2D eigenvalue weighted by molar-refractivity contribution is -0.117. The quantitative estimate of drug-likeness (QED) is 0.343. The number of nitrogens with one attached hydrogen (secondary N) is 1. The van der Waals surface area contributed by atoms with Gasteiger partial charge in [-0.2, -0.15) is 0 Å². The number of piperidine rings is 1. The van der Waals surface area contributed by atoms with Crippen LogP contribution in [-0.4, -0.2) is 47.1 Å². The summed E-state index contributed by atoms with van der Waals surface area (Å²) in [6, 6.07) is 19.1. The van der Waals surface area contributed by atoms with Crippen molar-refractivity contribution in [2.75, 3.05) is 29.9 Å². The van der Waals surface area contributed by atoms with Crippen LogP contribution in [0.15, 0.2) is 60.7 Å². The lowest BCUT2D eigenvalue weighted by Gasteiger charge is -2.40. The molecule has 9 heteroatoms. The fraction of sp³-hybridized carbons (Fsp3) is 0.310. The van der Waals surface area contributed by atoms with E-state index >= 15 is 0 Å². The number of carbonyl (C=O) groups excluding carboxylic acids is 2. The second-order valence-electron chi connectivity index (χ2n) is 9.71. The van der Waals surface area contributed by atoms with Crippen molar-refractivity contribution >= 4 is 57.6 Å². The van der Waals surface area contributed by atoms with Crippen molar-refractivity contribution in [3.05, 3.63) is 72.0 Å². The van der Waals surface area contributed by atoms with Crippen LogP contribution in [0.4, 0.5) is 20.6 Å². The number of rotatable bonds is 5. The molecule has 6 rings (SSSR count). The molecular formula is C29H30ClFN4O3. The van der Waals surface area contributed by atoms with E-state index in [1.807, 2.05) is 24.3 Å². The smallest absolute Gasteiger partial charge is 0.414 e. The molecule has 1 fully saturated rings. The average molecular weight is 537 g/mol. The first-order valence-electron chi connectivity index (χ1n) is 12.8. The van der Waals surface area contributed by atoms with Crippen molar-refractivity contribution in [2.24, 2.45) is 0 Å². The van der Waals surface area contributed by atoms with Crippen LogP contribution in [0.25, 0.3) is 21.8 Å². The molecule has 7 nitrogen and oxygen atoms in total. The number of carbonyl (C=O) groups is 2. The number of aromatic nitrogens is 1. The summed E-state index contributed by atoms with van der Waals surface area (Å²) >= 11 is 0. The number of fused-ring (bicyclic) bond motifs is 4. The molecule has 198 valence electrons. The van der Waals surface area contributed by atoms with Crippen LogP contribution in [0.5, 0.6) is 0 Å². The van der Waals surface area contributed by atoms with Crippen molar-refractivity contribution in [2.45, 2.75) is 39.0 Å². The third-order valence-corrected chi connectivity index (χ3v) is 7.55. The summed E-state index contributed by atoms with van der Waals surface area (Å²) in [6.45, 7) is 4.57. The number of hydrogen-bond donors (Lipinski definition) is 1. The minimum Gasteiger partial charge on any atom is -0.444 e. The second-order valence-corrected chi connectivity index (χ2v) is 9.71. The minimum absolute atomic E-state index is 0. The number of hydrogen-bond acceptors (Lipinski definition) is 4. The molecule has 0 spiro atoms. The molecule has 3 heterocycles. The zero-order valence-corrected chi connectivity index (χ0v) is 22.0. The van der Waals surface area contributed by atoms with E-state index in [1.54, 1.807) is 17.0 Å². The highest BCUT2D eigenvalue weighted by atomic mass is 35.5.